The van der Waals surface area contributed by atoms with E-state index in [1.807, 2.05) is 0 Å². The van der Waals surface area contributed by atoms with Crippen molar-refractivity contribution >= 4 is 6.09 Å². The molecule has 0 aromatic rings. The highest BCUT2D eigenvalue weighted by Gasteiger charge is 2.32. The lowest BCUT2D eigenvalue weighted by atomic mass is 10.2. The van der Waals surface area contributed by atoms with Crippen LogP contribution in [0.2, 0.25) is 0 Å². The van der Waals surface area contributed by atoms with Crippen LogP contribution in [0.4, 0.5) is 4.79 Å². The first-order chi connectivity index (χ1) is 5.16. The first kappa shape index (κ1) is 8.37. The predicted octanol–water partition coefficient (Wildman–Crippen LogP) is 1.48. The second-order valence-corrected chi connectivity index (χ2v) is 3.16. The van der Waals surface area contributed by atoms with E-state index in [4.69, 9.17) is 0 Å². The average Bonchev–Trinajstić information content (AvgIpc) is 2.82. The predicted molar refractivity (Wildman–Crippen MR) is 42.4 cm³/mol. The third kappa shape index (κ3) is 1.85. The fraction of sp³-hybridized carbons (Fsp3) is 0.875. The Morgan fingerprint density at radius 1 is 1.64 bits per heavy atom. The van der Waals surface area contributed by atoms with Crippen LogP contribution in [0.5, 0.6) is 0 Å². The van der Waals surface area contributed by atoms with Crippen LogP contribution in [0.3, 0.4) is 0 Å². The van der Waals surface area contributed by atoms with Gasteiger partial charge in [-0.2, -0.15) is 0 Å². The zero-order chi connectivity index (χ0) is 8.43. The van der Waals surface area contributed by atoms with Gasteiger partial charge in [0.05, 0.1) is 7.11 Å². The zero-order valence-electron chi connectivity index (χ0n) is 7.33. The fourth-order valence-electron chi connectivity index (χ4n) is 1.21. The van der Waals surface area contributed by atoms with Crippen molar-refractivity contribution in [2.24, 2.45) is 5.92 Å². The Bertz CT molecular complexity index is 154. The summed E-state index contributed by atoms with van der Waals surface area (Å²) in [7, 11) is 3.20. The van der Waals surface area contributed by atoms with Gasteiger partial charge in [-0.1, -0.05) is 0 Å². The van der Waals surface area contributed by atoms with Gasteiger partial charge in [0.25, 0.3) is 0 Å². The molecule has 0 heterocycles. The maximum absolute atomic E-state index is 11.0. The molecule has 0 saturated heterocycles. The van der Waals surface area contributed by atoms with Crippen molar-refractivity contribution < 1.29 is 9.53 Å². The molecule has 1 amide bonds. The number of carbonyl (C=O) groups is 1. The number of rotatable bonds is 2. The van der Waals surface area contributed by atoms with E-state index in [1.165, 1.54) is 20.0 Å². The second kappa shape index (κ2) is 3.11. The Balaban J connectivity index is 2.38. The van der Waals surface area contributed by atoms with Crippen molar-refractivity contribution in [2.45, 2.75) is 25.8 Å². The van der Waals surface area contributed by atoms with Crippen LogP contribution in [0, 0.1) is 5.92 Å². The summed E-state index contributed by atoms with van der Waals surface area (Å²) >= 11 is 0. The quantitative estimate of drug-likeness (QED) is 0.607. The van der Waals surface area contributed by atoms with Crippen molar-refractivity contribution in [3.63, 3.8) is 0 Å². The summed E-state index contributed by atoms with van der Waals surface area (Å²) in [6.45, 7) is 2.06. The molecule has 1 rings (SSSR count). The molecule has 1 saturated carbocycles. The molecule has 0 N–H and O–H groups in total. The van der Waals surface area contributed by atoms with Gasteiger partial charge >= 0.3 is 6.09 Å². The van der Waals surface area contributed by atoms with Gasteiger partial charge in [0.2, 0.25) is 0 Å². The van der Waals surface area contributed by atoms with Crippen molar-refractivity contribution in [1.82, 2.24) is 4.90 Å². The van der Waals surface area contributed by atoms with E-state index in [0.29, 0.717) is 12.0 Å². The lowest BCUT2D eigenvalue weighted by Gasteiger charge is -2.22. The molecule has 0 spiro atoms. The molecule has 64 valence electrons. The molecular formula is C8H15NO2. The third-order valence-electron chi connectivity index (χ3n) is 2.38. The van der Waals surface area contributed by atoms with Crippen molar-refractivity contribution in [3.05, 3.63) is 0 Å². The molecule has 0 aromatic heterocycles. The molecule has 0 aromatic carbocycles. The average molecular weight is 157 g/mol. The summed E-state index contributed by atoms with van der Waals surface area (Å²) in [6.07, 6.45) is 2.27. The molecule has 0 bridgehead atoms. The lowest BCUT2D eigenvalue weighted by Crippen LogP contribution is -2.36. The Kier molecular flexibility index (Phi) is 2.37. The van der Waals surface area contributed by atoms with E-state index >= 15 is 0 Å². The van der Waals surface area contributed by atoms with Gasteiger partial charge in [-0.15, -0.1) is 0 Å². The zero-order valence-corrected chi connectivity index (χ0v) is 7.33. The summed E-state index contributed by atoms with van der Waals surface area (Å²) in [4.78, 5) is 12.7. The van der Waals surface area contributed by atoms with Gasteiger partial charge in [0, 0.05) is 13.1 Å². The largest absolute Gasteiger partial charge is 0.453 e. The van der Waals surface area contributed by atoms with Crippen molar-refractivity contribution in [3.8, 4) is 0 Å². The van der Waals surface area contributed by atoms with Crippen LogP contribution >= 0.6 is 0 Å². The first-order valence-corrected chi connectivity index (χ1v) is 3.97. The van der Waals surface area contributed by atoms with Gasteiger partial charge in [0.1, 0.15) is 0 Å². The number of methoxy groups -OCH3 is 1. The molecule has 3 heteroatoms. The number of nitrogens with zero attached hydrogens (tertiary/aromatic N) is 1. The maximum Gasteiger partial charge on any atom is 0.409 e. The smallest absolute Gasteiger partial charge is 0.409 e. The summed E-state index contributed by atoms with van der Waals surface area (Å²) in [6, 6.07) is 0.336. The maximum atomic E-state index is 11.0. The highest BCUT2D eigenvalue weighted by atomic mass is 16.5. The normalized spacial score (nSPS) is 19.2. The lowest BCUT2D eigenvalue weighted by molar-refractivity contribution is 0.116. The molecule has 1 aliphatic rings. The number of amides is 1. The minimum absolute atomic E-state index is 0.232. The third-order valence-corrected chi connectivity index (χ3v) is 2.38. The van der Waals surface area contributed by atoms with Gasteiger partial charge in [-0.25, -0.2) is 4.79 Å². The molecule has 1 aliphatic carbocycles. The summed E-state index contributed by atoms with van der Waals surface area (Å²) < 4.78 is 4.60. The Morgan fingerprint density at radius 3 is 2.55 bits per heavy atom. The minimum Gasteiger partial charge on any atom is -0.453 e. The number of ether oxygens (including phenoxy) is 1. The number of carbonyl (C=O) groups excluding carboxylic acids is 1. The van der Waals surface area contributed by atoms with Crippen molar-refractivity contribution in [1.29, 1.82) is 0 Å². The number of hydrogen-bond acceptors (Lipinski definition) is 2. The van der Waals surface area contributed by atoms with E-state index < -0.39 is 0 Å². The monoisotopic (exact) mass is 157 g/mol. The van der Waals surface area contributed by atoms with Crippen LogP contribution in [0.1, 0.15) is 19.8 Å². The van der Waals surface area contributed by atoms with E-state index in [0.717, 1.165) is 0 Å². The van der Waals surface area contributed by atoms with E-state index in [9.17, 15) is 4.79 Å². The Hall–Kier alpha value is -0.730. The molecule has 1 atom stereocenters. The standard InChI is InChI=1S/C8H15NO2/c1-6(7-4-5-7)9(2)8(10)11-3/h6-7H,4-5H2,1-3H3/t6-/m1/s1. The van der Waals surface area contributed by atoms with E-state index in [-0.39, 0.29) is 6.09 Å². The molecule has 3 nitrogen and oxygen atoms in total. The highest BCUT2D eigenvalue weighted by Crippen LogP contribution is 2.34. The SMILES string of the molecule is COC(=O)N(C)[C@H](C)C1CC1. The van der Waals surface area contributed by atoms with Crippen LogP contribution in [0.15, 0.2) is 0 Å². The molecule has 0 unspecified atom stereocenters. The first-order valence-electron chi connectivity index (χ1n) is 3.97. The van der Waals surface area contributed by atoms with Crippen molar-refractivity contribution in [2.75, 3.05) is 14.2 Å². The van der Waals surface area contributed by atoms with Crippen LogP contribution < -0.4 is 0 Å². The molecule has 1 fully saturated rings. The van der Waals surface area contributed by atoms with Gasteiger partial charge in [-0.05, 0) is 25.7 Å². The molecular weight excluding hydrogens is 142 g/mol. The van der Waals surface area contributed by atoms with E-state index in [1.54, 1.807) is 11.9 Å². The summed E-state index contributed by atoms with van der Waals surface area (Å²) in [5.74, 6) is 0.707. The summed E-state index contributed by atoms with van der Waals surface area (Å²) in [5.41, 5.74) is 0. The van der Waals surface area contributed by atoms with Gasteiger partial charge < -0.3 is 9.64 Å². The topological polar surface area (TPSA) is 29.5 Å². The summed E-state index contributed by atoms with van der Waals surface area (Å²) in [5, 5.41) is 0. The highest BCUT2D eigenvalue weighted by molar-refractivity contribution is 5.67. The molecule has 11 heavy (non-hydrogen) atoms. The molecule has 0 radical (unpaired) electrons. The number of hydrogen-bond donors (Lipinski definition) is 0. The van der Waals surface area contributed by atoms with Gasteiger partial charge in [-0.3, -0.25) is 0 Å². The minimum atomic E-state index is -0.232. The van der Waals surface area contributed by atoms with Crippen LogP contribution in [-0.2, 0) is 4.74 Å². The van der Waals surface area contributed by atoms with Crippen LogP contribution in [-0.4, -0.2) is 31.2 Å². The van der Waals surface area contributed by atoms with E-state index in [2.05, 4.69) is 11.7 Å². The molecule has 0 aliphatic heterocycles. The van der Waals surface area contributed by atoms with Gasteiger partial charge in [0.15, 0.2) is 0 Å². The second-order valence-electron chi connectivity index (χ2n) is 3.16. The Morgan fingerprint density at radius 2 is 2.18 bits per heavy atom. The van der Waals surface area contributed by atoms with Crippen LogP contribution in [0.25, 0.3) is 0 Å². The Labute approximate surface area is 67.3 Å². The fourth-order valence-corrected chi connectivity index (χ4v) is 1.21.